The van der Waals surface area contributed by atoms with Crippen LogP contribution in [0.1, 0.15) is 74.6 Å². The van der Waals surface area contributed by atoms with E-state index in [4.69, 9.17) is 5.73 Å². The van der Waals surface area contributed by atoms with Crippen molar-refractivity contribution < 1.29 is 4.79 Å². The maximum atomic E-state index is 10.1. The summed E-state index contributed by atoms with van der Waals surface area (Å²) in [5.74, 6) is 0. The van der Waals surface area contributed by atoms with E-state index in [0.717, 1.165) is 18.4 Å². The second-order valence-corrected chi connectivity index (χ2v) is 6.58. The number of hydrogen-bond donors (Lipinski definition) is 2. The molecule has 0 bridgehead atoms. The van der Waals surface area contributed by atoms with E-state index in [1.54, 1.807) is 24.3 Å². The van der Waals surface area contributed by atoms with Crippen LogP contribution >= 0.6 is 0 Å². The summed E-state index contributed by atoms with van der Waals surface area (Å²) in [5.41, 5.74) is 6.49. The van der Waals surface area contributed by atoms with Crippen LogP contribution in [0.5, 0.6) is 0 Å². The van der Waals surface area contributed by atoms with Crippen LogP contribution in [0.3, 0.4) is 0 Å². The van der Waals surface area contributed by atoms with Crippen LogP contribution in [0.25, 0.3) is 0 Å². The van der Waals surface area contributed by atoms with Crippen molar-refractivity contribution >= 4 is 12.0 Å². The van der Waals surface area contributed by atoms with Gasteiger partial charge in [-0.2, -0.15) is 0 Å². The van der Waals surface area contributed by atoms with Gasteiger partial charge >= 0.3 is 0 Å². The van der Waals surface area contributed by atoms with Gasteiger partial charge in [0, 0.05) is 23.3 Å². The number of hydrogen-bond acceptors (Lipinski definition) is 3. The zero-order chi connectivity index (χ0) is 15.6. The third-order valence-electron chi connectivity index (χ3n) is 4.80. The number of para-hydroxylation sites is 1. The van der Waals surface area contributed by atoms with E-state index in [9.17, 15) is 4.79 Å². The van der Waals surface area contributed by atoms with Gasteiger partial charge in [0.25, 0.3) is 0 Å². The molecule has 22 heavy (non-hydrogen) atoms. The highest BCUT2D eigenvalue weighted by atomic mass is 16.1. The van der Waals surface area contributed by atoms with Gasteiger partial charge in [0.05, 0.1) is 0 Å². The summed E-state index contributed by atoms with van der Waals surface area (Å²) in [6.45, 7) is 0. The molecule has 2 saturated carbocycles. The first-order valence-corrected chi connectivity index (χ1v) is 8.85. The Bertz CT molecular complexity index is 419. The summed E-state index contributed by atoms with van der Waals surface area (Å²) in [4.78, 5) is 10.1. The first-order chi connectivity index (χ1) is 10.8. The van der Waals surface area contributed by atoms with Crippen LogP contribution in [0.2, 0.25) is 0 Å². The Balaban J connectivity index is 0.000000172. The molecule has 0 aromatic heterocycles. The zero-order valence-corrected chi connectivity index (χ0v) is 13.6. The summed E-state index contributed by atoms with van der Waals surface area (Å²) < 4.78 is 0. The number of carbonyl (C=O) groups excluding carboxylic acids is 1. The molecule has 1 aromatic rings. The molecule has 2 fully saturated rings. The molecule has 0 aliphatic heterocycles. The van der Waals surface area contributed by atoms with Crippen molar-refractivity contribution in [1.82, 2.24) is 5.32 Å². The van der Waals surface area contributed by atoms with E-state index in [0.29, 0.717) is 11.3 Å². The number of nitrogens with one attached hydrogen (secondary N) is 1. The highest BCUT2D eigenvalue weighted by molar-refractivity contribution is 5.82. The molecule has 0 unspecified atom stereocenters. The number of aldehydes is 1. The molecule has 2 aliphatic rings. The number of anilines is 1. The molecule has 0 saturated heterocycles. The molecule has 1 aromatic carbocycles. The van der Waals surface area contributed by atoms with Crippen LogP contribution in [0.4, 0.5) is 5.69 Å². The Morgan fingerprint density at radius 2 is 1.36 bits per heavy atom. The zero-order valence-electron chi connectivity index (χ0n) is 13.6. The number of carbonyl (C=O) groups is 1. The van der Waals surface area contributed by atoms with Gasteiger partial charge in [-0.05, 0) is 37.8 Å². The van der Waals surface area contributed by atoms with Crippen molar-refractivity contribution in [3.05, 3.63) is 29.8 Å². The molecule has 0 amide bonds. The molecule has 3 N–H and O–H groups in total. The lowest BCUT2D eigenvalue weighted by Crippen LogP contribution is -2.40. The molecule has 3 heteroatoms. The van der Waals surface area contributed by atoms with Crippen LogP contribution in [-0.2, 0) is 0 Å². The van der Waals surface area contributed by atoms with Crippen molar-refractivity contribution in [3.8, 4) is 0 Å². The van der Waals surface area contributed by atoms with E-state index >= 15 is 0 Å². The minimum Gasteiger partial charge on any atom is -0.398 e. The van der Waals surface area contributed by atoms with Crippen LogP contribution in [0, 0.1) is 0 Å². The molecule has 0 heterocycles. The lowest BCUT2D eigenvalue weighted by atomic mass is 9.91. The second-order valence-electron chi connectivity index (χ2n) is 6.58. The van der Waals surface area contributed by atoms with E-state index in [1.165, 1.54) is 64.2 Å². The first-order valence-electron chi connectivity index (χ1n) is 8.85. The third-order valence-corrected chi connectivity index (χ3v) is 4.80. The van der Waals surface area contributed by atoms with Crippen LogP contribution < -0.4 is 11.1 Å². The molecule has 3 nitrogen and oxygen atoms in total. The van der Waals surface area contributed by atoms with Crippen LogP contribution in [-0.4, -0.2) is 18.4 Å². The van der Waals surface area contributed by atoms with Gasteiger partial charge in [-0.15, -0.1) is 0 Å². The fourth-order valence-electron chi connectivity index (χ4n) is 3.49. The highest BCUT2D eigenvalue weighted by Gasteiger charge is 2.19. The highest BCUT2D eigenvalue weighted by Crippen LogP contribution is 2.22. The predicted octanol–water partition coefficient (Wildman–Crippen LogP) is 4.32. The van der Waals surface area contributed by atoms with Gasteiger partial charge in [0.1, 0.15) is 0 Å². The smallest absolute Gasteiger partial charge is 0.152 e. The standard InChI is InChI=1S/C12H23N.C7H7NO/c1-3-7-11(8-4-1)13-12-9-5-2-6-10-12;8-7-4-2-1-3-6(7)5-9/h11-13H,1-10H2;1-5H,8H2. The molecular formula is C19H30N2O. The molecule has 0 radical (unpaired) electrons. The van der Waals surface area contributed by atoms with E-state index in [2.05, 4.69) is 5.32 Å². The van der Waals surface area contributed by atoms with Gasteiger partial charge in [0.15, 0.2) is 6.29 Å². The van der Waals surface area contributed by atoms with Gasteiger partial charge < -0.3 is 11.1 Å². The van der Waals surface area contributed by atoms with E-state index in [1.807, 2.05) is 0 Å². The summed E-state index contributed by atoms with van der Waals surface area (Å²) in [7, 11) is 0. The van der Waals surface area contributed by atoms with Crippen molar-refractivity contribution in [2.24, 2.45) is 0 Å². The van der Waals surface area contributed by atoms with Crippen LogP contribution in [0.15, 0.2) is 24.3 Å². The van der Waals surface area contributed by atoms with Crippen molar-refractivity contribution in [3.63, 3.8) is 0 Å². The average Bonchev–Trinajstić information content (AvgIpc) is 2.58. The quantitative estimate of drug-likeness (QED) is 0.645. The van der Waals surface area contributed by atoms with Gasteiger partial charge in [-0.3, -0.25) is 4.79 Å². The van der Waals surface area contributed by atoms with E-state index in [-0.39, 0.29) is 0 Å². The Morgan fingerprint density at radius 3 is 1.77 bits per heavy atom. The SMILES string of the molecule is C1CCC(NC2CCCCC2)CC1.Nc1ccccc1C=O. The lowest BCUT2D eigenvalue weighted by Gasteiger charge is -2.30. The Hall–Kier alpha value is -1.35. The van der Waals surface area contributed by atoms with Crippen molar-refractivity contribution in [1.29, 1.82) is 0 Å². The van der Waals surface area contributed by atoms with E-state index < -0.39 is 0 Å². The number of nitrogens with two attached hydrogens (primary N) is 1. The van der Waals surface area contributed by atoms with Gasteiger partial charge in [0.2, 0.25) is 0 Å². The maximum Gasteiger partial charge on any atom is 0.152 e. The fraction of sp³-hybridized carbons (Fsp3) is 0.632. The normalized spacial score (nSPS) is 20.0. The number of benzene rings is 1. The van der Waals surface area contributed by atoms with Crippen molar-refractivity contribution in [2.45, 2.75) is 76.3 Å². The maximum absolute atomic E-state index is 10.1. The third kappa shape index (κ3) is 5.80. The molecule has 3 rings (SSSR count). The average molecular weight is 302 g/mol. The van der Waals surface area contributed by atoms with Crippen molar-refractivity contribution in [2.75, 3.05) is 5.73 Å². The minimum absolute atomic E-state index is 0.535. The number of rotatable bonds is 3. The Morgan fingerprint density at radius 1 is 0.864 bits per heavy atom. The monoisotopic (exact) mass is 302 g/mol. The Labute approximate surface area is 134 Å². The molecular weight excluding hydrogens is 272 g/mol. The summed E-state index contributed by atoms with van der Waals surface area (Å²) in [5, 5.41) is 3.86. The Kier molecular flexibility index (Phi) is 7.44. The topological polar surface area (TPSA) is 55.1 Å². The minimum atomic E-state index is 0.535. The molecule has 122 valence electrons. The van der Waals surface area contributed by atoms with Gasteiger partial charge in [-0.25, -0.2) is 0 Å². The summed E-state index contributed by atoms with van der Waals surface area (Å²) in [6.07, 6.45) is 15.3. The molecule has 2 aliphatic carbocycles. The first kappa shape index (κ1) is 17.0. The summed E-state index contributed by atoms with van der Waals surface area (Å²) >= 11 is 0. The number of nitrogen functional groups attached to an aromatic ring is 1. The lowest BCUT2D eigenvalue weighted by molar-refractivity contribution is 0.112. The molecule has 0 atom stereocenters. The predicted molar refractivity (Wildman–Crippen MR) is 93.1 cm³/mol. The van der Waals surface area contributed by atoms with Gasteiger partial charge in [-0.1, -0.05) is 50.7 Å². The molecule has 0 spiro atoms. The summed E-state index contributed by atoms with van der Waals surface area (Å²) in [6, 6.07) is 8.70. The fourth-order valence-corrected chi connectivity index (χ4v) is 3.49. The largest absolute Gasteiger partial charge is 0.398 e. The second kappa shape index (κ2) is 9.62.